The third kappa shape index (κ3) is 3.50. The number of hydrogen-bond acceptors (Lipinski definition) is 7. The zero-order chi connectivity index (χ0) is 21.5. The Labute approximate surface area is 164 Å². The summed E-state index contributed by atoms with van der Waals surface area (Å²) in [5.74, 6) is -3.05. The summed E-state index contributed by atoms with van der Waals surface area (Å²) in [6, 6.07) is 3.76. The van der Waals surface area contributed by atoms with Gasteiger partial charge < -0.3 is 24.3 Å². The molecule has 29 heavy (non-hydrogen) atoms. The summed E-state index contributed by atoms with van der Waals surface area (Å²) in [5, 5.41) is 2.93. The van der Waals surface area contributed by atoms with Gasteiger partial charge >= 0.3 is 24.4 Å². The number of carbonyl (C=O) groups excluding carboxylic acids is 2. The van der Waals surface area contributed by atoms with Gasteiger partial charge in [-0.3, -0.25) is 0 Å². The van der Waals surface area contributed by atoms with Crippen LogP contribution in [0.2, 0.25) is 0 Å². The first kappa shape index (κ1) is 20.6. The van der Waals surface area contributed by atoms with Crippen LogP contribution in [0.5, 0.6) is 11.5 Å². The average Bonchev–Trinajstić information content (AvgIpc) is 2.66. The number of fused-ring (bicyclic) bond motifs is 1. The topological polar surface area (TPSA) is 83.1 Å². The molecule has 2 aliphatic rings. The van der Waals surface area contributed by atoms with E-state index < -0.39 is 30.3 Å². The lowest BCUT2D eigenvalue weighted by molar-refractivity contribution is -0.281. The first-order valence-corrected chi connectivity index (χ1v) is 8.47. The summed E-state index contributed by atoms with van der Waals surface area (Å²) >= 11 is 0. The van der Waals surface area contributed by atoms with Crippen molar-refractivity contribution in [3.8, 4) is 11.5 Å². The van der Waals surface area contributed by atoms with Crippen molar-refractivity contribution in [3.63, 3.8) is 0 Å². The van der Waals surface area contributed by atoms with E-state index in [4.69, 9.17) is 9.47 Å². The Morgan fingerprint density at radius 1 is 1.03 bits per heavy atom. The van der Waals surface area contributed by atoms with Crippen LogP contribution in [-0.4, -0.2) is 38.6 Å². The minimum absolute atomic E-state index is 0.109. The van der Waals surface area contributed by atoms with Crippen molar-refractivity contribution < 1.29 is 41.7 Å². The summed E-state index contributed by atoms with van der Waals surface area (Å²) in [5.41, 5.74) is 1.37. The second-order valence-corrected chi connectivity index (χ2v) is 6.42. The van der Waals surface area contributed by atoms with E-state index in [1.807, 2.05) is 0 Å². The number of benzene rings is 1. The normalized spacial score (nSPS) is 20.9. The van der Waals surface area contributed by atoms with Crippen LogP contribution in [0.25, 0.3) is 0 Å². The second kappa shape index (κ2) is 7.34. The number of allylic oxidation sites excluding steroid dienone is 2. The second-order valence-electron chi connectivity index (χ2n) is 6.42. The maximum absolute atomic E-state index is 13.6. The Hall–Kier alpha value is -3.17. The van der Waals surface area contributed by atoms with E-state index in [1.54, 1.807) is 13.8 Å². The maximum Gasteiger partial charge on any atom is 0.468 e. The Morgan fingerprint density at radius 2 is 1.59 bits per heavy atom. The number of dihydropyridines is 1. The molecule has 1 N–H and O–H groups in total. The van der Waals surface area contributed by atoms with Crippen molar-refractivity contribution >= 4 is 11.9 Å². The number of alkyl halides is 3. The minimum atomic E-state index is -4.13. The molecule has 1 atom stereocenters. The van der Waals surface area contributed by atoms with Gasteiger partial charge in [0.1, 0.15) is 0 Å². The monoisotopic (exact) mass is 413 g/mol. The molecule has 1 aromatic carbocycles. The van der Waals surface area contributed by atoms with Gasteiger partial charge in [0.15, 0.2) is 11.5 Å². The Bertz CT molecular complexity index is 902. The Kier molecular flexibility index (Phi) is 5.20. The van der Waals surface area contributed by atoms with Gasteiger partial charge in [-0.15, -0.1) is 0 Å². The fraction of sp³-hybridized carbons (Fsp3) is 0.368. The van der Waals surface area contributed by atoms with Crippen molar-refractivity contribution in [1.29, 1.82) is 0 Å². The lowest BCUT2D eigenvalue weighted by Gasteiger charge is -2.32. The van der Waals surface area contributed by atoms with Gasteiger partial charge in [-0.1, -0.05) is 6.07 Å². The lowest BCUT2D eigenvalue weighted by Crippen LogP contribution is -2.43. The molecular weight excluding hydrogens is 395 g/mol. The molecule has 2 aliphatic heterocycles. The van der Waals surface area contributed by atoms with Crippen LogP contribution in [0.4, 0.5) is 13.2 Å². The van der Waals surface area contributed by atoms with Crippen LogP contribution >= 0.6 is 0 Å². The zero-order valence-electron chi connectivity index (χ0n) is 16.0. The van der Waals surface area contributed by atoms with E-state index in [2.05, 4.69) is 14.8 Å². The maximum atomic E-state index is 13.6. The Balaban J connectivity index is 2.16. The highest BCUT2D eigenvalue weighted by Crippen LogP contribution is 2.45. The lowest BCUT2D eigenvalue weighted by atomic mass is 9.80. The summed E-state index contributed by atoms with van der Waals surface area (Å²) in [4.78, 5) is 24.9. The van der Waals surface area contributed by atoms with E-state index in [0.717, 1.165) is 6.07 Å². The van der Waals surface area contributed by atoms with Crippen LogP contribution in [0.3, 0.4) is 0 Å². The zero-order valence-corrected chi connectivity index (χ0v) is 16.0. The molecule has 0 bridgehead atoms. The van der Waals surface area contributed by atoms with Gasteiger partial charge in [0.05, 0.1) is 31.3 Å². The fourth-order valence-corrected chi connectivity index (χ4v) is 3.34. The summed E-state index contributed by atoms with van der Waals surface area (Å²) in [7, 11) is 2.37. The summed E-state index contributed by atoms with van der Waals surface area (Å²) in [6.07, 6.45) is -7.14. The number of hydrogen-bond donors (Lipinski definition) is 1. The van der Waals surface area contributed by atoms with Crippen LogP contribution in [0, 0.1) is 0 Å². The molecule has 156 valence electrons. The molecule has 0 aliphatic carbocycles. The van der Waals surface area contributed by atoms with Crippen molar-refractivity contribution in [3.05, 3.63) is 46.3 Å². The third-order valence-corrected chi connectivity index (χ3v) is 4.61. The molecule has 0 amide bonds. The van der Waals surface area contributed by atoms with Crippen molar-refractivity contribution in [1.82, 2.24) is 5.32 Å². The first-order valence-electron chi connectivity index (χ1n) is 8.47. The predicted octanol–water partition coefficient (Wildman–Crippen LogP) is 2.93. The van der Waals surface area contributed by atoms with Crippen LogP contribution < -0.4 is 14.8 Å². The van der Waals surface area contributed by atoms with E-state index in [-0.39, 0.29) is 22.6 Å². The summed E-state index contributed by atoms with van der Waals surface area (Å²) in [6.45, 7) is 3.24. The number of ether oxygens (including phenoxy) is 4. The van der Waals surface area contributed by atoms with Crippen LogP contribution in [0.15, 0.2) is 40.7 Å². The first-order chi connectivity index (χ1) is 13.6. The number of carbonyl (C=O) groups is 2. The number of methoxy groups -OCH3 is 2. The van der Waals surface area contributed by atoms with Gasteiger partial charge in [0.25, 0.3) is 0 Å². The number of esters is 2. The number of halogens is 3. The van der Waals surface area contributed by atoms with Gasteiger partial charge in [-0.25, -0.2) is 9.59 Å². The highest BCUT2D eigenvalue weighted by atomic mass is 19.3. The molecule has 1 unspecified atom stereocenters. The van der Waals surface area contributed by atoms with Crippen molar-refractivity contribution in [2.45, 2.75) is 32.2 Å². The van der Waals surface area contributed by atoms with Gasteiger partial charge in [-0.05, 0) is 31.5 Å². The molecule has 0 spiro atoms. The molecule has 1 aromatic rings. The highest BCUT2D eigenvalue weighted by Gasteiger charge is 2.50. The molecular formula is C19H18F3NO6. The fourth-order valence-electron chi connectivity index (χ4n) is 3.34. The molecule has 0 fully saturated rings. The van der Waals surface area contributed by atoms with Crippen molar-refractivity contribution in [2.75, 3.05) is 14.2 Å². The summed E-state index contributed by atoms with van der Waals surface area (Å²) < 4.78 is 59.1. The molecule has 0 saturated heterocycles. The average molecular weight is 413 g/mol. The number of nitrogens with one attached hydrogen (secondary N) is 1. The third-order valence-electron chi connectivity index (χ3n) is 4.61. The van der Waals surface area contributed by atoms with E-state index >= 15 is 0 Å². The minimum Gasteiger partial charge on any atom is -0.466 e. The molecule has 0 saturated carbocycles. The molecule has 7 nitrogen and oxygen atoms in total. The van der Waals surface area contributed by atoms with Gasteiger partial charge in [-0.2, -0.15) is 13.2 Å². The molecule has 3 rings (SSSR count). The van der Waals surface area contributed by atoms with E-state index in [1.165, 1.54) is 26.4 Å². The molecule has 2 heterocycles. The highest BCUT2D eigenvalue weighted by molar-refractivity contribution is 5.99. The van der Waals surface area contributed by atoms with Crippen molar-refractivity contribution in [2.24, 2.45) is 0 Å². The van der Waals surface area contributed by atoms with Gasteiger partial charge in [0, 0.05) is 11.4 Å². The quantitative estimate of drug-likeness (QED) is 0.763. The Morgan fingerprint density at radius 3 is 2.10 bits per heavy atom. The standard InChI is InChI=1S/C19H18F3NO6/c1-8-13(16(24)26-3)15(14(9(2)23-8)17(25)27-4)10-5-6-11-12(7-10)28-18(20)19(21,22)29-11/h5-7,15,18,23H,1-4H3. The van der Waals surface area contributed by atoms with E-state index in [0.29, 0.717) is 17.0 Å². The molecule has 0 aromatic heterocycles. The van der Waals surface area contributed by atoms with Gasteiger partial charge in [0.2, 0.25) is 0 Å². The SMILES string of the molecule is COC(=O)C1=C(C)NC(C)=C(C(=O)OC)C1c1ccc2c(c1)OC(F)C(F)(F)O2. The van der Waals surface area contributed by atoms with Crippen LogP contribution in [0.1, 0.15) is 25.3 Å². The number of rotatable bonds is 3. The van der Waals surface area contributed by atoms with Crippen LogP contribution in [-0.2, 0) is 19.1 Å². The largest absolute Gasteiger partial charge is 0.468 e. The molecule has 10 heteroatoms. The van der Waals surface area contributed by atoms with E-state index in [9.17, 15) is 22.8 Å². The molecule has 0 radical (unpaired) electrons. The smallest absolute Gasteiger partial charge is 0.466 e. The predicted molar refractivity (Wildman–Crippen MR) is 92.8 cm³/mol.